The van der Waals surface area contributed by atoms with E-state index in [1.165, 1.54) is 0 Å². The third kappa shape index (κ3) is 4.11. The van der Waals surface area contributed by atoms with E-state index in [4.69, 9.17) is 13.9 Å². The van der Waals surface area contributed by atoms with Crippen molar-refractivity contribution in [2.24, 2.45) is 0 Å². The molecule has 3 aromatic rings. The summed E-state index contributed by atoms with van der Waals surface area (Å²) < 4.78 is 16.6. The quantitative estimate of drug-likeness (QED) is 0.724. The molecule has 1 N–H and O–H groups in total. The Hall–Kier alpha value is -2.86. The van der Waals surface area contributed by atoms with Crippen LogP contribution in [0, 0.1) is 0 Å². The lowest BCUT2D eigenvalue weighted by Gasteiger charge is -2.10. The first-order valence-corrected chi connectivity index (χ1v) is 9.13. The van der Waals surface area contributed by atoms with Crippen LogP contribution in [-0.2, 0) is 11.2 Å². The first kappa shape index (κ1) is 17.5. The molecule has 1 atom stereocenters. The summed E-state index contributed by atoms with van der Waals surface area (Å²) in [6.45, 7) is 1.32. The molecule has 6 heteroatoms. The normalized spacial score (nSPS) is 16.6. The molecule has 0 saturated carbocycles. The van der Waals surface area contributed by atoms with E-state index in [2.05, 4.69) is 10.3 Å². The van der Waals surface area contributed by atoms with Crippen LogP contribution in [0.5, 0.6) is 5.75 Å². The SMILES string of the molecule is COc1ccc(Cc2nc3ccc(C(=O)NC[C@H]4CCCO4)cc3o2)cc1. The predicted molar refractivity (Wildman–Crippen MR) is 101 cm³/mol. The average Bonchev–Trinajstić information content (AvgIpc) is 3.35. The molecule has 2 aromatic carbocycles. The van der Waals surface area contributed by atoms with Gasteiger partial charge in [-0.2, -0.15) is 0 Å². The zero-order valence-corrected chi connectivity index (χ0v) is 15.2. The molecule has 2 heterocycles. The molecule has 0 aliphatic carbocycles. The minimum Gasteiger partial charge on any atom is -0.497 e. The predicted octanol–water partition coefficient (Wildman–Crippen LogP) is 3.34. The van der Waals surface area contributed by atoms with Crippen LogP contribution >= 0.6 is 0 Å². The molecule has 27 heavy (non-hydrogen) atoms. The topological polar surface area (TPSA) is 73.6 Å². The Morgan fingerprint density at radius 3 is 2.85 bits per heavy atom. The number of aromatic nitrogens is 1. The number of methoxy groups -OCH3 is 1. The molecule has 4 rings (SSSR count). The molecule has 140 valence electrons. The maximum absolute atomic E-state index is 12.4. The number of nitrogens with one attached hydrogen (secondary N) is 1. The van der Waals surface area contributed by atoms with Gasteiger partial charge in [0, 0.05) is 25.1 Å². The molecule has 0 radical (unpaired) electrons. The summed E-state index contributed by atoms with van der Waals surface area (Å²) in [5.41, 5.74) is 3.00. The van der Waals surface area contributed by atoms with Gasteiger partial charge < -0.3 is 19.2 Å². The van der Waals surface area contributed by atoms with Gasteiger partial charge in [-0.15, -0.1) is 0 Å². The van der Waals surface area contributed by atoms with Gasteiger partial charge in [0.2, 0.25) is 0 Å². The fraction of sp³-hybridized carbons (Fsp3) is 0.333. The number of oxazole rings is 1. The molecule has 1 aliphatic heterocycles. The van der Waals surface area contributed by atoms with Gasteiger partial charge in [-0.1, -0.05) is 12.1 Å². The third-order valence-electron chi connectivity index (χ3n) is 4.72. The van der Waals surface area contributed by atoms with Crippen molar-refractivity contribution in [1.29, 1.82) is 0 Å². The van der Waals surface area contributed by atoms with Gasteiger partial charge >= 0.3 is 0 Å². The minimum atomic E-state index is -0.125. The van der Waals surface area contributed by atoms with Crippen molar-refractivity contribution in [2.45, 2.75) is 25.4 Å². The molecule has 1 aliphatic rings. The molecule has 1 aromatic heterocycles. The van der Waals surface area contributed by atoms with Crippen molar-refractivity contribution < 1.29 is 18.7 Å². The molecule has 0 spiro atoms. The van der Waals surface area contributed by atoms with Gasteiger partial charge in [-0.05, 0) is 48.7 Å². The second-order valence-electron chi connectivity index (χ2n) is 6.66. The summed E-state index contributed by atoms with van der Waals surface area (Å²) in [5, 5.41) is 2.93. The maximum atomic E-state index is 12.4. The van der Waals surface area contributed by atoms with Crippen molar-refractivity contribution in [3.63, 3.8) is 0 Å². The third-order valence-corrected chi connectivity index (χ3v) is 4.72. The zero-order valence-electron chi connectivity index (χ0n) is 15.2. The van der Waals surface area contributed by atoms with Crippen molar-refractivity contribution in [3.05, 3.63) is 59.5 Å². The van der Waals surface area contributed by atoms with E-state index in [0.29, 0.717) is 30.0 Å². The maximum Gasteiger partial charge on any atom is 0.251 e. The number of hydrogen-bond acceptors (Lipinski definition) is 5. The molecule has 1 saturated heterocycles. The Bertz CT molecular complexity index is 927. The van der Waals surface area contributed by atoms with Crippen LogP contribution in [0.4, 0.5) is 0 Å². The number of carbonyl (C=O) groups excluding carboxylic acids is 1. The first-order chi connectivity index (χ1) is 13.2. The zero-order chi connectivity index (χ0) is 18.6. The highest BCUT2D eigenvalue weighted by molar-refractivity contribution is 5.97. The summed E-state index contributed by atoms with van der Waals surface area (Å²) in [7, 11) is 1.64. The molecule has 0 bridgehead atoms. The van der Waals surface area contributed by atoms with E-state index in [0.717, 1.165) is 36.3 Å². The molecule has 1 amide bonds. The number of carbonyl (C=O) groups is 1. The Morgan fingerprint density at radius 2 is 2.11 bits per heavy atom. The van der Waals surface area contributed by atoms with Crippen LogP contribution in [-0.4, -0.2) is 37.3 Å². The number of benzene rings is 2. The summed E-state index contributed by atoms with van der Waals surface area (Å²) in [4.78, 5) is 16.9. The number of fused-ring (bicyclic) bond motifs is 1. The van der Waals surface area contributed by atoms with Gasteiger partial charge in [0.15, 0.2) is 11.5 Å². The van der Waals surface area contributed by atoms with Crippen LogP contribution in [0.25, 0.3) is 11.1 Å². The van der Waals surface area contributed by atoms with E-state index in [-0.39, 0.29) is 12.0 Å². The van der Waals surface area contributed by atoms with E-state index >= 15 is 0 Å². The summed E-state index contributed by atoms with van der Waals surface area (Å²) in [6.07, 6.45) is 2.76. The smallest absolute Gasteiger partial charge is 0.251 e. The molecule has 1 fully saturated rings. The minimum absolute atomic E-state index is 0.124. The Balaban J connectivity index is 1.44. The van der Waals surface area contributed by atoms with Crippen molar-refractivity contribution >= 4 is 17.0 Å². The number of amides is 1. The van der Waals surface area contributed by atoms with Gasteiger partial charge in [-0.3, -0.25) is 4.79 Å². The van der Waals surface area contributed by atoms with Crippen molar-refractivity contribution in [2.75, 3.05) is 20.3 Å². The van der Waals surface area contributed by atoms with Gasteiger partial charge in [-0.25, -0.2) is 4.98 Å². The molecule has 0 unspecified atom stereocenters. The lowest BCUT2D eigenvalue weighted by molar-refractivity contribution is 0.0858. The van der Waals surface area contributed by atoms with Crippen molar-refractivity contribution in [3.8, 4) is 5.75 Å². The van der Waals surface area contributed by atoms with Gasteiger partial charge in [0.25, 0.3) is 5.91 Å². The molecular formula is C21H22N2O4. The van der Waals surface area contributed by atoms with Crippen LogP contribution in [0.3, 0.4) is 0 Å². The lowest BCUT2D eigenvalue weighted by atomic mass is 10.1. The van der Waals surface area contributed by atoms with Crippen LogP contribution in [0.2, 0.25) is 0 Å². The summed E-state index contributed by atoms with van der Waals surface area (Å²) >= 11 is 0. The highest BCUT2D eigenvalue weighted by Crippen LogP contribution is 2.21. The monoisotopic (exact) mass is 366 g/mol. The Morgan fingerprint density at radius 1 is 1.26 bits per heavy atom. The molecule has 6 nitrogen and oxygen atoms in total. The van der Waals surface area contributed by atoms with Crippen LogP contribution in [0.1, 0.15) is 34.7 Å². The van der Waals surface area contributed by atoms with E-state index in [1.807, 2.05) is 30.3 Å². The number of ether oxygens (including phenoxy) is 2. The number of hydrogen-bond donors (Lipinski definition) is 1. The summed E-state index contributed by atoms with van der Waals surface area (Å²) in [6, 6.07) is 13.1. The second kappa shape index (κ2) is 7.80. The fourth-order valence-electron chi connectivity index (χ4n) is 3.22. The van der Waals surface area contributed by atoms with Gasteiger partial charge in [0.1, 0.15) is 11.3 Å². The second-order valence-corrected chi connectivity index (χ2v) is 6.66. The highest BCUT2D eigenvalue weighted by atomic mass is 16.5. The Kier molecular flexibility index (Phi) is 5.07. The fourth-order valence-corrected chi connectivity index (χ4v) is 3.22. The standard InChI is InChI=1S/C21H22N2O4/c1-25-16-7-4-14(5-8-16)11-20-23-18-9-6-15(12-19(18)27-20)21(24)22-13-17-3-2-10-26-17/h4-9,12,17H,2-3,10-11,13H2,1H3,(H,22,24)/t17-/m1/s1. The van der Waals surface area contributed by atoms with Crippen LogP contribution in [0.15, 0.2) is 46.9 Å². The lowest BCUT2D eigenvalue weighted by Crippen LogP contribution is -2.31. The average molecular weight is 366 g/mol. The van der Waals surface area contributed by atoms with Crippen LogP contribution < -0.4 is 10.1 Å². The number of rotatable bonds is 6. The Labute approximate surface area is 157 Å². The largest absolute Gasteiger partial charge is 0.497 e. The summed E-state index contributed by atoms with van der Waals surface area (Å²) in [5.74, 6) is 1.31. The van der Waals surface area contributed by atoms with Gasteiger partial charge in [0.05, 0.1) is 13.2 Å². The number of nitrogens with zero attached hydrogens (tertiary/aromatic N) is 1. The van der Waals surface area contributed by atoms with E-state index in [9.17, 15) is 4.79 Å². The van der Waals surface area contributed by atoms with E-state index < -0.39 is 0 Å². The molecular weight excluding hydrogens is 344 g/mol. The first-order valence-electron chi connectivity index (χ1n) is 9.13. The van der Waals surface area contributed by atoms with E-state index in [1.54, 1.807) is 19.2 Å². The van der Waals surface area contributed by atoms with Crippen molar-refractivity contribution in [1.82, 2.24) is 10.3 Å². The highest BCUT2D eigenvalue weighted by Gasteiger charge is 2.17.